The second-order valence-electron chi connectivity index (χ2n) is 5.43. The number of nitrogens with one attached hydrogen (secondary N) is 1. The molecule has 2 N–H and O–H groups in total. The Kier molecular flexibility index (Phi) is 5.54. The number of hydrogen-bond donors (Lipinski definition) is 2. The zero-order valence-corrected chi connectivity index (χ0v) is 12.5. The van der Waals surface area contributed by atoms with Gasteiger partial charge < -0.3 is 10.4 Å². The number of nitrogens with zero attached hydrogens (tertiary/aromatic N) is 2. The molecule has 1 aromatic rings. The Hall–Kier alpha value is -1.36. The van der Waals surface area contributed by atoms with E-state index < -0.39 is 0 Å². The third-order valence-corrected chi connectivity index (χ3v) is 3.24. The molecule has 0 aliphatic rings. The van der Waals surface area contributed by atoms with E-state index in [4.69, 9.17) is 0 Å². The summed E-state index contributed by atoms with van der Waals surface area (Å²) in [5.74, 6) is 0.309. The normalized spacial score (nSPS) is 13.1. The SMILES string of the molecule is CCn1nc(C(C)C)cc1C(=O)NC(CO)C(C)C. The number of hydrogen-bond acceptors (Lipinski definition) is 3. The summed E-state index contributed by atoms with van der Waals surface area (Å²) in [5, 5.41) is 16.6. The number of aromatic nitrogens is 2. The number of carbonyl (C=O) groups is 1. The molecule has 19 heavy (non-hydrogen) atoms. The van der Waals surface area contributed by atoms with Crippen LogP contribution >= 0.6 is 0 Å². The van der Waals surface area contributed by atoms with Gasteiger partial charge >= 0.3 is 0 Å². The fourth-order valence-corrected chi connectivity index (χ4v) is 1.81. The predicted molar refractivity (Wildman–Crippen MR) is 75.2 cm³/mol. The molecule has 5 heteroatoms. The van der Waals surface area contributed by atoms with Gasteiger partial charge in [0.2, 0.25) is 0 Å². The molecule has 0 aliphatic carbocycles. The number of aliphatic hydroxyl groups excluding tert-OH is 1. The largest absolute Gasteiger partial charge is 0.394 e. The molecule has 0 saturated carbocycles. The quantitative estimate of drug-likeness (QED) is 0.825. The second kappa shape index (κ2) is 6.70. The van der Waals surface area contributed by atoms with Gasteiger partial charge in [-0.15, -0.1) is 0 Å². The minimum absolute atomic E-state index is 0.0549. The molecular weight excluding hydrogens is 242 g/mol. The fraction of sp³-hybridized carbons (Fsp3) is 0.714. The highest BCUT2D eigenvalue weighted by molar-refractivity contribution is 5.93. The van der Waals surface area contributed by atoms with Crippen LogP contribution in [0, 0.1) is 5.92 Å². The van der Waals surface area contributed by atoms with Crippen molar-refractivity contribution >= 4 is 5.91 Å². The first kappa shape index (κ1) is 15.7. The van der Waals surface area contributed by atoms with E-state index in [9.17, 15) is 9.90 Å². The average molecular weight is 267 g/mol. The van der Waals surface area contributed by atoms with Crippen LogP contribution in [0.1, 0.15) is 56.7 Å². The first-order valence-corrected chi connectivity index (χ1v) is 6.90. The molecule has 1 atom stereocenters. The molecule has 1 rings (SSSR count). The highest BCUT2D eigenvalue weighted by atomic mass is 16.3. The molecule has 1 aromatic heterocycles. The Morgan fingerprint density at radius 1 is 1.42 bits per heavy atom. The summed E-state index contributed by atoms with van der Waals surface area (Å²) < 4.78 is 1.71. The minimum Gasteiger partial charge on any atom is -0.394 e. The third kappa shape index (κ3) is 3.80. The van der Waals surface area contributed by atoms with Gasteiger partial charge in [0.25, 0.3) is 5.91 Å². The lowest BCUT2D eigenvalue weighted by molar-refractivity contribution is 0.0886. The van der Waals surface area contributed by atoms with Gasteiger partial charge in [-0.2, -0.15) is 5.10 Å². The third-order valence-electron chi connectivity index (χ3n) is 3.24. The van der Waals surface area contributed by atoms with E-state index in [1.54, 1.807) is 4.68 Å². The molecule has 0 fully saturated rings. The number of amides is 1. The van der Waals surface area contributed by atoms with E-state index in [0.29, 0.717) is 12.2 Å². The highest BCUT2D eigenvalue weighted by Gasteiger charge is 2.20. The molecule has 0 radical (unpaired) electrons. The van der Waals surface area contributed by atoms with Gasteiger partial charge in [0.15, 0.2) is 0 Å². The summed E-state index contributed by atoms with van der Waals surface area (Å²) in [5.41, 5.74) is 1.47. The van der Waals surface area contributed by atoms with Crippen LogP contribution in [-0.4, -0.2) is 33.4 Å². The van der Waals surface area contributed by atoms with Crippen LogP contribution in [-0.2, 0) is 6.54 Å². The lowest BCUT2D eigenvalue weighted by Gasteiger charge is -2.19. The van der Waals surface area contributed by atoms with Crippen molar-refractivity contribution in [2.75, 3.05) is 6.61 Å². The summed E-state index contributed by atoms with van der Waals surface area (Å²) in [6.45, 7) is 10.6. The smallest absolute Gasteiger partial charge is 0.269 e. The van der Waals surface area contributed by atoms with Crippen LogP contribution < -0.4 is 5.32 Å². The summed E-state index contributed by atoms with van der Waals surface area (Å²) in [6, 6.07) is 1.60. The Labute approximate surface area is 115 Å². The average Bonchev–Trinajstić information content (AvgIpc) is 2.79. The fourth-order valence-electron chi connectivity index (χ4n) is 1.81. The molecule has 5 nitrogen and oxygen atoms in total. The molecule has 0 bridgehead atoms. The Morgan fingerprint density at radius 2 is 2.05 bits per heavy atom. The zero-order valence-electron chi connectivity index (χ0n) is 12.5. The van der Waals surface area contributed by atoms with Crippen LogP contribution in [0.3, 0.4) is 0 Å². The first-order chi connectivity index (χ1) is 8.90. The number of rotatable bonds is 6. The Balaban J connectivity index is 2.92. The van der Waals surface area contributed by atoms with Crippen LogP contribution in [0.25, 0.3) is 0 Å². The van der Waals surface area contributed by atoms with Crippen molar-refractivity contribution in [1.82, 2.24) is 15.1 Å². The second-order valence-corrected chi connectivity index (χ2v) is 5.43. The molecule has 1 amide bonds. The maximum atomic E-state index is 12.3. The van der Waals surface area contributed by atoms with Gasteiger partial charge in [0.05, 0.1) is 18.3 Å². The first-order valence-electron chi connectivity index (χ1n) is 6.90. The van der Waals surface area contributed by atoms with Gasteiger partial charge in [-0.05, 0) is 24.8 Å². The zero-order chi connectivity index (χ0) is 14.6. The number of aryl methyl sites for hydroxylation is 1. The van der Waals surface area contributed by atoms with Crippen LogP contribution in [0.5, 0.6) is 0 Å². The van der Waals surface area contributed by atoms with Crippen molar-refractivity contribution in [3.63, 3.8) is 0 Å². The number of aliphatic hydroxyl groups is 1. The maximum absolute atomic E-state index is 12.3. The summed E-state index contributed by atoms with van der Waals surface area (Å²) in [6.07, 6.45) is 0. The number of carbonyl (C=O) groups excluding carboxylic acids is 1. The topological polar surface area (TPSA) is 67.2 Å². The summed E-state index contributed by atoms with van der Waals surface area (Å²) in [7, 11) is 0. The van der Waals surface area contributed by atoms with Gasteiger partial charge in [0, 0.05) is 6.54 Å². The monoisotopic (exact) mass is 267 g/mol. The van der Waals surface area contributed by atoms with E-state index in [1.165, 1.54) is 0 Å². The minimum atomic E-state index is -0.227. The van der Waals surface area contributed by atoms with E-state index in [0.717, 1.165) is 5.69 Å². The van der Waals surface area contributed by atoms with Crippen molar-refractivity contribution in [3.05, 3.63) is 17.5 Å². The molecule has 0 aliphatic heterocycles. The van der Waals surface area contributed by atoms with Crippen LogP contribution in [0.4, 0.5) is 0 Å². The van der Waals surface area contributed by atoms with Crippen molar-refractivity contribution < 1.29 is 9.90 Å². The molecule has 0 aromatic carbocycles. The lowest BCUT2D eigenvalue weighted by atomic mass is 10.1. The van der Waals surface area contributed by atoms with Gasteiger partial charge in [-0.1, -0.05) is 27.7 Å². The maximum Gasteiger partial charge on any atom is 0.269 e. The van der Waals surface area contributed by atoms with Crippen molar-refractivity contribution in [3.8, 4) is 0 Å². The summed E-state index contributed by atoms with van der Waals surface area (Å²) >= 11 is 0. The lowest BCUT2D eigenvalue weighted by Crippen LogP contribution is -2.41. The van der Waals surface area contributed by atoms with E-state index in [-0.39, 0.29) is 30.4 Å². The van der Waals surface area contributed by atoms with E-state index in [2.05, 4.69) is 24.3 Å². The Bertz CT molecular complexity index is 424. The van der Waals surface area contributed by atoms with Crippen molar-refractivity contribution in [2.24, 2.45) is 5.92 Å². The van der Waals surface area contributed by atoms with Gasteiger partial charge in [-0.3, -0.25) is 9.48 Å². The summed E-state index contributed by atoms with van der Waals surface area (Å²) in [4.78, 5) is 12.3. The van der Waals surface area contributed by atoms with Crippen LogP contribution in [0.2, 0.25) is 0 Å². The predicted octanol–water partition coefficient (Wildman–Crippen LogP) is 1.77. The van der Waals surface area contributed by atoms with Gasteiger partial charge in [0.1, 0.15) is 5.69 Å². The van der Waals surface area contributed by atoms with Crippen molar-refractivity contribution in [2.45, 2.75) is 53.1 Å². The van der Waals surface area contributed by atoms with E-state index >= 15 is 0 Å². The molecular formula is C14H25N3O2. The Morgan fingerprint density at radius 3 is 2.47 bits per heavy atom. The van der Waals surface area contributed by atoms with E-state index in [1.807, 2.05) is 26.8 Å². The molecule has 108 valence electrons. The molecule has 0 spiro atoms. The standard InChI is InChI=1S/C14H25N3O2/c1-6-17-13(7-11(16-17)9(2)3)14(19)15-12(8-18)10(4)5/h7,9-10,12,18H,6,8H2,1-5H3,(H,15,19). The van der Waals surface area contributed by atoms with Crippen LogP contribution in [0.15, 0.2) is 6.07 Å². The molecule has 1 heterocycles. The molecule has 1 unspecified atom stereocenters. The van der Waals surface area contributed by atoms with Crippen molar-refractivity contribution in [1.29, 1.82) is 0 Å². The molecule has 0 saturated heterocycles. The van der Waals surface area contributed by atoms with Gasteiger partial charge in [-0.25, -0.2) is 0 Å². The highest BCUT2D eigenvalue weighted by Crippen LogP contribution is 2.15.